The Bertz CT molecular complexity index is 621. The van der Waals surface area contributed by atoms with Crippen molar-refractivity contribution in [3.05, 3.63) is 34.1 Å². The summed E-state index contributed by atoms with van der Waals surface area (Å²) in [4.78, 5) is 14.9. The van der Waals surface area contributed by atoms with Gasteiger partial charge in [-0.1, -0.05) is 6.92 Å². The number of fused-ring (bicyclic) bond motifs is 1. The van der Waals surface area contributed by atoms with Crippen LogP contribution in [0.25, 0.3) is 11.0 Å². The molecule has 20 heavy (non-hydrogen) atoms. The van der Waals surface area contributed by atoms with E-state index in [2.05, 4.69) is 23.4 Å². The molecule has 0 saturated heterocycles. The van der Waals surface area contributed by atoms with Crippen LogP contribution in [0.2, 0.25) is 0 Å². The summed E-state index contributed by atoms with van der Waals surface area (Å²) in [5.74, 6) is 0.879. The molecule has 0 radical (unpaired) electrons. The zero-order valence-electron chi connectivity index (χ0n) is 11.7. The van der Waals surface area contributed by atoms with Gasteiger partial charge in [0.25, 0.3) is 5.69 Å². The van der Waals surface area contributed by atoms with E-state index in [1.54, 1.807) is 6.07 Å². The molecular formula is C14H19N3O3. The van der Waals surface area contributed by atoms with Gasteiger partial charge in [0.05, 0.1) is 16.0 Å². The third-order valence-electron chi connectivity index (χ3n) is 3.55. The highest BCUT2D eigenvalue weighted by Gasteiger charge is 2.17. The molecule has 1 aromatic heterocycles. The van der Waals surface area contributed by atoms with Gasteiger partial charge in [-0.25, -0.2) is 4.98 Å². The van der Waals surface area contributed by atoms with E-state index < -0.39 is 4.92 Å². The molecule has 0 amide bonds. The molecule has 2 aromatic rings. The number of aromatic nitrogens is 2. The van der Waals surface area contributed by atoms with E-state index in [0.29, 0.717) is 18.4 Å². The van der Waals surface area contributed by atoms with Gasteiger partial charge in [0.1, 0.15) is 5.82 Å². The molecule has 0 saturated carbocycles. The third-order valence-corrected chi connectivity index (χ3v) is 3.55. The number of benzene rings is 1. The summed E-state index contributed by atoms with van der Waals surface area (Å²) in [5.41, 5.74) is 1.62. The highest BCUT2D eigenvalue weighted by Crippen LogP contribution is 2.26. The first-order valence-corrected chi connectivity index (χ1v) is 6.84. The fraction of sp³-hybridized carbons (Fsp3) is 0.500. The quantitative estimate of drug-likeness (QED) is 0.650. The molecule has 1 N–H and O–H groups in total. The first kappa shape index (κ1) is 14.5. The summed E-state index contributed by atoms with van der Waals surface area (Å²) < 4.78 is 2.12. The Kier molecular flexibility index (Phi) is 4.34. The van der Waals surface area contributed by atoms with Crippen LogP contribution < -0.4 is 0 Å². The fourth-order valence-corrected chi connectivity index (χ4v) is 2.34. The second-order valence-corrected chi connectivity index (χ2v) is 4.91. The molecule has 6 nitrogen and oxygen atoms in total. The zero-order valence-corrected chi connectivity index (χ0v) is 11.7. The molecule has 0 spiro atoms. The Morgan fingerprint density at radius 1 is 1.50 bits per heavy atom. The van der Waals surface area contributed by atoms with E-state index in [-0.39, 0.29) is 18.3 Å². The number of nitro benzene ring substituents is 1. The van der Waals surface area contributed by atoms with Crippen LogP contribution in [-0.2, 0) is 6.42 Å². The van der Waals surface area contributed by atoms with Gasteiger partial charge in [-0.15, -0.1) is 0 Å². The van der Waals surface area contributed by atoms with Crippen LogP contribution >= 0.6 is 0 Å². The molecule has 0 bridgehead atoms. The number of nitrogens with zero attached hydrogens (tertiary/aromatic N) is 3. The highest BCUT2D eigenvalue weighted by molar-refractivity contribution is 5.79. The third kappa shape index (κ3) is 2.65. The van der Waals surface area contributed by atoms with E-state index >= 15 is 0 Å². The molecule has 1 aromatic carbocycles. The maximum absolute atomic E-state index is 10.8. The summed E-state index contributed by atoms with van der Waals surface area (Å²) in [6.45, 7) is 4.31. The predicted octanol–water partition coefficient (Wildman–Crippen LogP) is 2.84. The lowest BCUT2D eigenvalue weighted by atomic mass is 10.2. The molecular weight excluding hydrogens is 258 g/mol. The van der Waals surface area contributed by atoms with Crippen LogP contribution in [0.3, 0.4) is 0 Å². The zero-order chi connectivity index (χ0) is 14.7. The average molecular weight is 277 g/mol. The summed E-state index contributed by atoms with van der Waals surface area (Å²) in [5, 5.41) is 19.8. The molecule has 2 rings (SSSR count). The molecule has 0 fully saturated rings. The number of hydrogen-bond donors (Lipinski definition) is 1. The van der Waals surface area contributed by atoms with Crippen molar-refractivity contribution >= 4 is 16.7 Å². The van der Waals surface area contributed by atoms with Crippen molar-refractivity contribution in [2.75, 3.05) is 6.61 Å². The molecule has 0 aliphatic rings. The summed E-state index contributed by atoms with van der Waals surface area (Å²) in [6, 6.07) is 5.06. The van der Waals surface area contributed by atoms with E-state index in [4.69, 9.17) is 5.11 Å². The van der Waals surface area contributed by atoms with Crippen LogP contribution in [0.1, 0.15) is 38.6 Å². The van der Waals surface area contributed by atoms with E-state index in [9.17, 15) is 10.1 Å². The topological polar surface area (TPSA) is 81.2 Å². The van der Waals surface area contributed by atoms with Crippen molar-refractivity contribution in [3.63, 3.8) is 0 Å². The normalized spacial score (nSPS) is 12.8. The second-order valence-electron chi connectivity index (χ2n) is 4.91. The van der Waals surface area contributed by atoms with Crippen molar-refractivity contribution in [1.29, 1.82) is 0 Å². The van der Waals surface area contributed by atoms with E-state index in [1.807, 2.05) is 0 Å². The number of aliphatic hydroxyl groups is 1. The summed E-state index contributed by atoms with van der Waals surface area (Å²) in [6.07, 6.45) is 2.26. The number of nitro groups is 1. The van der Waals surface area contributed by atoms with Crippen LogP contribution in [0, 0.1) is 10.1 Å². The second kappa shape index (κ2) is 6.00. The molecule has 6 heteroatoms. The maximum Gasteiger partial charge on any atom is 0.271 e. The van der Waals surface area contributed by atoms with Crippen molar-refractivity contribution < 1.29 is 10.0 Å². The monoisotopic (exact) mass is 277 g/mol. The van der Waals surface area contributed by atoms with Crippen LogP contribution in [0.4, 0.5) is 5.69 Å². The van der Waals surface area contributed by atoms with Gasteiger partial charge in [0.15, 0.2) is 0 Å². The van der Waals surface area contributed by atoms with Gasteiger partial charge >= 0.3 is 0 Å². The van der Waals surface area contributed by atoms with Crippen molar-refractivity contribution in [3.8, 4) is 0 Å². The Morgan fingerprint density at radius 3 is 2.85 bits per heavy atom. The minimum absolute atomic E-state index is 0.0556. The number of imidazole rings is 1. The smallest absolute Gasteiger partial charge is 0.271 e. The van der Waals surface area contributed by atoms with Gasteiger partial charge in [-0.3, -0.25) is 10.1 Å². The molecule has 1 unspecified atom stereocenters. The van der Waals surface area contributed by atoms with Crippen molar-refractivity contribution in [2.45, 2.75) is 39.2 Å². The minimum Gasteiger partial charge on any atom is -0.396 e. The lowest BCUT2D eigenvalue weighted by molar-refractivity contribution is -0.384. The Hall–Kier alpha value is -1.95. The number of rotatable bonds is 6. The molecule has 1 heterocycles. The van der Waals surface area contributed by atoms with Gasteiger partial charge in [-0.2, -0.15) is 0 Å². The van der Waals surface area contributed by atoms with Crippen molar-refractivity contribution in [1.82, 2.24) is 9.55 Å². The maximum atomic E-state index is 10.8. The van der Waals surface area contributed by atoms with Gasteiger partial charge < -0.3 is 9.67 Å². The van der Waals surface area contributed by atoms with Crippen LogP contribution in [0.15, 0.2) is 18.2 Å². The fourth-order valence-electron chi connectivity index (χ4n) is 2.34. The Balaban J connectivity index is 2.55. The van der Waals surface area contributed by atoms with Gasteiger partial charge in [-0.05, 0) is 25.8 Å². The lowest BCUT2D eigenvalue weighted by Gasteiger charge is -2.15. The van der Waals surface area contributed by atoms with Gasteiger partial charge in [0.2, 0.25) is 0 Å². The number of hydrogen-bond acceptors (Lipinski definition) is 4. The number of aliphatic hydroxyl groups excluding tert-OH is 1. The first-order chi connectivity index (χ1) is 9.58. The molecule has 1 atom stereocenters. The van der Waals surface area contributed by atoms with Gasteiger partial charge in [0, 0.05) is 31.2 Å². The Morgan fingerprint density at radius 2 is 2.25 bits per heavy atom. The summed E-state index contributed by atoms with van der Waals surface area (Å²) >= 11 is 0. The number of aryl methyl sites for hydroxylation is 1. The molecule has 0 aliphatic heterocycles. The lowest BCUT2D eigenvalue weighted by Crippen LogP contribution is -2.09. The van der Waals surface area contributed by atoms with Crippen LogP contribution in [-0.4, -0.2) is 26.2 Å². The van der Waals surface area contributed by atoms with E-state index in [1.165, 1.54) is 12.1 Å². The standard InChI is InChI=1S/C14H19N3O3/c1-3-10(2)16-13-7-6-11(17(19)20)9-12(13)15-14(16)5-4-8-18/h6-7,9-10,18H,3-5,8H2,1-2H3. The number of non-ortho nitro benzene ring substituents is 1. The SMILES string of the molecule is CCC(C)n1c(CCCO)nc2cc([N+](=O)[O-])ccc21. The average Bonchev–Trinajstić information content (AvgIpc) is 2.81. The largest absolute Gasteiger partial charge is 0.396 e. The minimum atomic E-state index is -0.408. The van der Waals surface area contributed by atoms with Crippen LogP contribution in [0.5, 0.6) is 0 Å². The first-order valence-electron chi connectivity index (χ1n) is 6.84. The van der Waals surface area contributed by atoms with Crippen molar-refractivity contribution in [2.24, 2.45) is 0 Å². The predicted molar refractivity (Wildman–Crippen MR) is 76.8 cm³/mol. The molecule has 108 valence electrons. The highest BCUT2D eigenvalue weighted by atomic mass is 16.6. The molecule has 0 aliphatic carbocycles. The van der Waals surface area contributed by atoms with E-state index in [0.717, 1.165) is 17.8 Å². The Labute approximate surface area is 117 Å². The summed E-state index contributed by atoms with van der Waals surface area (Å²) in [7, 11) is 0.